The van der Waals surface area contributed by atoms with Crippen LogP contribution in [-0.2, 0) is 9.57 Å². The zero-order chi connectivity index (χ0) is 29.7. The van der Waals surface area contributed by atoms with Gasteiger partial charge in [0.05, 0.1) is 22.9 Å². The number of nitrogens with zero attached hydrogens (tertiary/aromatic N) is 5. The van der Waals surface area contributed by atoms with Crippen LogP contribution in [0.15, 0.2) is 72.8 Å². The van der Waals surface area contributed by atoms with Gasteiger partial charge in [-0.25, -0.2) is 14.3 Å². The lowest BCUT2D eigenvalue weighted by Crippen LogP contribution is -2.40. The Morgan fingerprint density at radius 2 is 1.35 bits per heavy atom. The molecule has 1 aromatic heterocycles. The van der Waals surface area contributed by atoms with Gasteiger partial charge < -0.3 is 14.5 Å². The normalized spacial score (nSPS) is 16.2. The fourth-order valence-corrected chi connectivity index (χ4v) is 6.23. The van der Waals surface area contributed by atoms with E-state index in [2.05, 4.69) is 34.6 Å². The molecule has 3 amide bonds. The minimum Gasteiger partial charge on any atom is -0.448 e. The molecule has 1 aliphatic carbocycles. The number of rotatable bonds is 5. The molecule has 216 valence electrons. The Balaban J connectivity index is 0.959. The summed E-state index contributed by atoms with van der Waals surface area (Å²) in [5.41, 5.74) is 5.37. The van der Waals surface area contributed by atoms with E-state index in [1.54, 1.807) is 28.6 Å². The van der Waals surface area contributed by atoms with Gasteiger partial charge in [-0.15, -0.1) is 5.10 Å². The fraction of sp³-hybridized carbons (Fsp3) is 0.250. The Morgan fingerprint density at radius 3 is 1.93 bits per heavy atom. The summed E-state index contributed by atoms with van der Waals surface area (Å²) >= 11 is 0. The van der Waals surface area contributed by atoms with Crippen molar-refractivity contribution in [1.82, 2.24) is 25.0 Å². The second-order valence-electron chi connectivity index (χ2n) is 10.8. The van der Waals surface area contributed by atoms with Crippen LogP contribution in [0, 0.1) is 6.92 Å². The summed E-state index contributed by atoms with van der Waals surface area (Å²) < 4.78 is 7.45. The van der Waals surface area contributed by atoms with Crippen LogP contribution in [0.1, 0.15) is 72.8 Å². The van der Waals surface area contributed by atoms with E-state index in [-0.39, 0.29) is 41.5 Å². The van der Waals surface area contributed by atoms with Crippen LogP contribution in [0.5, 0.6) is 0 Å². The van der Waals surface area contributed by atoms with Crippen LogP contribution in [0.25, 0.3) is 11.1 Å². The van der Waals surface area contributed by atoms with Crippen LogP contribution < -0.4 is 0 Å². The van der Waals surface area contributed by atoms with Crippen LogP contribution >= 0.6 is 0 Å². The van der Waals surface area contributed by atoms with Crippen LogP contribution in [0.4, 0.5) is 4.79 Å². The number of amides is 3. The lowest BCUT2D eigenvalue weighted by molar-refractivity contribution is -0.0589. The maximum absolute atomic E-state index is 13.0. The van der Waals surface area contributed by atoms with Crippen molar-refractivity contribution in [3.05, 3.63) is 106 Å². The second-order valence-corrected chi connectivity index (χ2v) is 10.8. The van der Waals surface area contributed by atoms with E-state index in [9.17, 15) is 19.2 Å². The molecular weight excluding hydrogens is 550 g/mol. The SMILES string of the molecule is Cc1c(C(=O)ON2C(=O)c3ccccc3C2=O)nnn1C1CCN(C(=O)OCC2c3ccccc3-c3ccccc32)CC1. The van der Waals surface area contributed by atoms with E-state index in [0.29, 0.717) is 36.7 Å². The van der Waals surface area contributed by atoms with Gasteiger partial charge in [0.1, 0.15) is 6.61 Å². The molecule has 0 saturated carbocycles. The molecule has 0 N–H and O–H groups in total. The molecule has 0 atom stereocenters. The van der Waals surface area contributed by atoms with Crippen LogP contribution in [0.2, 0.25) is 0 Å². The highest BCUT2D eigenvalue weighted by atomic mass is 16.7. The Kier molecular flexibility index (Phi) is 6.49. The first-order valence-corrected chi connectivity index (χ1v) is 14.1. The topological polar surface area (TPSA) is 124 Å². The standard InChI is InChI=1S/C32H27N5O6/c1-19-28(31(40)43-37-29(38)25-12-6-7-13-26(25)30(37)39)33-34-36(19)20-14-16-35(17-15-20)32(41)42-18-27-23-10-4-2-8-21(23)22-9-3-5-11-24(22)27/h2-13,20,27H,14-18H2,1H3. The van der Waals surface area contributed by atoms with E-state index in [0.717, 1.165) is 11.1 Å². The first-order chi connectivity index (χ1) is 20.9. The third-order valence-electron chi connectivity index (χ3n) is 8.46. The summed E-state index contributed by atoms with van der Waals surface area (Å²) in [5, 5.41) is 8.59. The maximum Gasteiger partial charge on any atom is 0.409 e. The van der Waals surface area contributed by atoms with Crippen molar-refractivity contribution in [1.29, 1.82) is 0 Å². The first kappa shape index (κ1) is 26.6. The summed E-state index contributed by atoms with van der Waals surface area (Å²) in [5.74, 6) is -2.38. The van der Waals surface area contributed by atoms with Gasteiger partial charge in [-0.3, -0.25) is 9.59 Å². The van der Waals surface area contributed by atoms with Crippen molar-refractivity contribution in [2.75, 3.05) is 19.7 Å². The van der Waals surface area contributed by atoms with Crippen LogP contribution in [-0.4, -0.2) is 68.5 Å². The molecule has 0 unspecified atom stereocenters. The molecule has 3 aliphatic rings. The van der Waals surface area contributed by atoms with Gasteiger partial charge in [0.25, 0.3) is 11.8 Å². The molecule has 0 bridgehead atoms. The van der Waals surface area contributed by atoms with Gasteiger partial charge in [0.15, 0.2) is 5.69 Å². The highest BCUT2D eigenvalue weighted by Gasteiger charge is 2.40. The van der Waals surface area contributed by atoms with Gasteiger partial charge in [-0.2, -0.15) is 0 Å². The van der Waals surface area contributed by atoms with E-state index in [4.69, 9.17) is 9.57 Å². The number of hydroxylamine groups is 2. The summed E-state index contributed by atoms with van der Waals surface area (Å²) in [6, 6.07) is 22.6. The molecule has 3 aromatic carbocycles. The minimum absolute atomic E-state index is 0.00909. The van der Waals surface area contributed by atoms with E-state index < -0.39 is 17.8 Å². The number of ether oxygens (including phenoxy) is 1. The number of benzene rings is 3. The molecule has 43 heavy (non-hydrogen) atoms. The van der Waals surface area contributed by atoms with Crippen molar-refractivity contribution in [3.8, 4) is 11.1 Å². The average molecular weight is 578 g/mol. The van der Waals surface area contributed by atoms with Gasteiger partial charge in [-0.1, -0.05) is 70.9 Å². The Hall–Kier alpha value is -5.32. The summed E-state index contributed by atoms with van der Waals surface area (Å²) in [4.78, 5) is 57.9. The lowest BCUT2D eigenvalue weighted by Gasteiger charge is -2.32. The molecule has 3 heterocycles. The Morgan fingerprint density at radius 1 is 0.814 bits per heavy atom. The van der Waals surface area contributed by atoms with Gasteiger partial charge in [0.2, 0.25) is 0 Å². The smallest absolute Gasteiger partial charge is 0.409 e. The Labute approximate surface area is 246 Å². The minimum atomic E-state index is -0.950. The summed E-state index contributed by atoms with van der Waals surface area (Å²) in [6.45, 7) is 2.84. The first-order valence-electron chi connectivity index (χ1n) is 14.1. The number of piperidine rings is 1. The predicted molar refractivity (Wildman–Crippen MR) is 152 cm³/mol. The molecular formula is C32H27N5O6. The van der Waals surface area contributed by atoms with Crippen molar-refractivity contribution in [2.45, 2.75) is 31.7 Å². The van der Waals surface area contributed by atoms with Crippen molar-refractivity contribution >= 4 is 23.9 Å². The molecule has 1 fully saturated rings. The van der Waals surface area contributed by atoms with Crippen LogP contribution in [0.3, 0.4) is 0 Å². The van der Waals surface area contributed by atoms with Crippen molar-refractivity contribution < 1.29 is 28.8 Å². The van der Waals surface area contributed by atoms with E-state index in [1.165, 1.54) is 23.3 Å². The van der Waals surface area contributed by atoms with Gasteiger partial charge >= 0.3 is 12.1 Å². The molecule has 0 spiro atoms. The molecule has 2 aliphatic heterocycles. The summed E-state index contributed by atoms with van der Waals surface area (Å²) in [6.07, 6.45) is 0.809. The molecule has 0 radical (unpaired) electrons. The van der Waals surface area contributed by atoms with E-state index in [1.807, 2.05) is 24.3 Å². The average Bonchev–Trinajstić information content (AvgIpc) is 3.66. The Bertz CT molecular complexity index is 1710. The molecule has 7 rings (SSSR count). The maximum atomic E-state index is 13.0. The third-order valence-corrected chi connectivity index (χ3v) is 8.46. The zero-order valence-electron chi connectivity index (χ0n) is 23.3. The highest BCUT2D eigenvalue weighted by molar-refractivity contribution is 6.21. The second kappa shape index (κ2) is 10.5. The quantitative estimate of drug-likeness (QED) is 0.317. The number of carbonyl (C=O) groups excluding carboxylic acids is 4. The lowest BCUT2D eigenvalue weighted by atomic mass is 9.98. The third kappa shape index (κ3) is 4.44. The van der Waals surface area contributed by atoms with Crippen molar-refractivity contribution in [2.24, 2.45) is 0 Å². The number of hydrogen-bond donors (Lipinski definition) is 0. The molecule has 4 aromatic rings. The number of aromatic nitrogens is 3. The van der Waals surface area contributed by atoms with Gasteiger partial charge in [0, 0.05) is 19.0 Å². The number of likely N-dealkylation sites (tertiary alicyclic amines) is 1. The fourth-order valence-electron chi connectivity index (χ4n) is 6.23. The molecule has 1 saturated heterocycles. The monoisotopic (exact) mass is 577 g/mol. The highest BCUT2D eigenvalue weighted by Crippen LogP contribution is 2.44. The largest absolute Gasteiger partial charge is 0.448 e. The number of hydrogen-bond acceptors (Lipinski definition) is 8. The number of imide groups is 1. The van der Waals surface area contributed by atoms with Gasteiger partial charge in [-0.05, 0) is 54.2 Å². The zero-order valence-corrected chi connectivity index (χ0v) is 23.3. The van der Waals surface area contributed by atoms with Crippen molar-refractivity contribution in [3.63, 3.8) is 0 Å². The predicted octanol–water partition coefficient (Wildman–Crippen LogP) is 4.54. The molecule has 11 heteroatoms. The summed E-state index contributed by atoms with van der Waals surface area (Å²) in [7, 11) is 0. The number of carbonyl (C=O) groups is 4. The van der Waals surface area contributed by atoms with E-state index >= 15 is 0 Å². The molecule has 11 nitrogen and oxygen atoms in total. The number of fused-ring (bicyclic) bond motifs is 4.